The van der Waals surface area contributed by atoms with Crippen molar-refractivity contribution in [3.05, 3.63) is 59.8 Å². The van der Waals surface area contributed by atoms with Crippen molar-refractivity contribution in [1.29, 1.82) is 5.26 Å². The SMILES string of the molecule is CC(C)C(=O)OCC1CCC(C#N)(c2ccc3c(NC(=O)CCc4ccc(F)cc4)ncnn23)O1. The number of anilines is 1. The Morgan fingerprint density at radius 3 is 2.80 bits per heavy atom. The summed E-state index contributed by atoms with van der Waals surface area (Å²) in [5.41, 5.74) is 0.615. The number of nitriles is 1. The van der Waals surface area contributed by atoms with E-state index in [-0.39, 0.29) is 36.6 Å². The molecule has 10 heteroatoms. The fraction of sp³-hybridized carbons (Fsp3) is 0.400. The molecule has 35 heavy (non-hydrogen) atoms. The molecule has 0 saturated carbocycles. The monoisotopic (exact) mass is 479 g/mol. The average molecular weight is 480 g/mol. The zero-order valence-electron chi connectivity index (χ0n) is 19.5. The summed E-state index contributed by atoms with van der Waals surface area (Å²) in [5.74, 6) is -0.827. The largest absolute Gasteiger partial charge is 0.463 e. The minimum atomic E-state index is -1.26. The first-order valence-electron chi connectivity index (χ1n) is 11.4. The van der Waals surface area contributed by atoms with E-state index < -0.39 is 11.7 Å². The Labute approximate surface area is 201 Å². The van der Waals surface area contributed by atoms with Crippen molar-refractivity contribution in [2.75, 3.05) is 11.9 Å². The second kappa shape index (κ2) is 10.2. The van der Waals surface area contributed by atoms with Crippen LogP contribution in [0.3, 0.4) is 0 Å². The molecule has 1 N–H and O–H groups in total. The molecule has 1 aromatic carbocycles. The predicted octanol–water partition coefficient (Wildman–Crippen LogP) is 3.54. The van der Waals surface area contributed by atoms with Crippen LogP contribution in [0.15, 0.2) is 42.7 Å². The molecule has 0 radical (unpaired) electrons. The lowest BCUT2D eigenvalue weighted by atomic mass is 9.98. The number of aryl methyl sites for hydroxylation is 1. The van der Waals surface area contributed by atoms with Crippen molar-refractivity contribution in [3.8, 4) is 6.07 Å². The number of rotatable bonds is 8. The lowest BCUT2D eigenvalue weighted by Crippen LogP contribution is -2.29. The van der Waals surface area contributed by atoms with Gasteiger partial charge in [0.1, 0.15) is 30.3 Å². The number of nitrogens with one attached hydrogen (secondary N) is 1. The number of amides is 1. The molecule has 0 aliphatic carbocycles. The molecular weight excluding hydrogens is 453 g/mol. The summed E-state index contributed by atoms with van der Waals surface area (Å²) in [6, 6.07) is 11.7. The highest BCUT2D eigenvalue weighted by atomic mass is 19.1. The third kappa shape index (κ3) is 5.30. The van der Waals surface area contributed by atoms with E-state index in [2.05, 4.69) is 21.5 Å². The topological polar surface area (TPSA) is 119 Å². The molecule has 1 fully saturated rings. The zero-order valence-corrected chi connectivity index (χ0v) is 19.5. The van der Waals surface area contributed by atoms with Crippen molar-refractivity contribution in [2.24, 2.45) is 5.92 Å². The Balaban J connectivity index is 1.46. The summed E-state index contributed by atoms with van der Waals surface area (Å²) < 4.78 is 25.9. The first kappa shape index (κ1) is 24.3. The molecule has 182 valence electrons. The number of carbonyl (C=O) groups excluding carboxylic acids is 2. The third-order valence-electron chi connectivity index (χ3n) is 5.93. The van der Waals surface area contributed by atoms with E-state index >= 15 is 0 Å². The van der Waals surface area contributed by atoms with Crippen molar-refractivity contribution >= 4 is 23.2 Å². The Kier molecular flexibility index (Phi) is 7.07. The maximum absolute atomic E-state index is 13.1. The molecule has 2 aromatic heterocycles. The standard InChI is InChI=1S/C25H26FN5O4/c1-16(2)24(33)34-13-19-11-12-25(14-27,35-19)21-9-8-20-23(28-15-29-31(20)21)30-22(32)10-5-17-3-6-18(26)7-4-17/h3-4,6-9,15-16,19H,5,10-13H2,1-2H3,(H,28,29,30,32). The van der Waals surface area contributed by atoms with Crippen LogP contribution in [0.25, 0.3) is 5.52 Å². The fourth-order valence-electron chi connectivity index (χ4n) is 3.99. The van der Waals surface area contributed by atoms with E-state index in [1.54, 1.807) is 38.1 Å². The van der Waals surface area contributed by atoms with Gasteiger partial charge in [-0.2, -0.15) is 10.4 Å². The quantitative estimate of drug-likeness (QED) is 0.491. The number of halogens is 1. The molecule has 9 nitrogen and oxygen atoms in total. The summed E-state index contributed by atoms with van der Waals surface area (Å²) in [7, 11) is 0. The molecule has 2 atom stereocenters. The van der Waals surface area contributed by atoms with Crippen molar-refractivity contribution in [3.63, 3.8) is 0 Å². The molecule has 1 aliphatic rings. The molecule has 0 bridgehead atoms. The maximum Gasteiger partial charge on any atom is 0.308 e. The third-order valence-corrected chi connectivity index (χ3v) is 5.93. The summed E-state index contributed by atoms with van der Waals surface area (Å²) in [6.45, 7) is 3.58. The Hall–Kier alpha value is -3.84. The minimum absolute atomic E-state index is 0.0775. The molecular formula is C25H26FN5O4. The highest BCUT2D eigenvalue weighted by molar-refractivity contribution is 5.93. The summed E-state index contributed by atoms with van der Waals surface area (Å²) in [5, 5.41) is 17.1. The highest BCUT2D eigenvalue weighted by Gasteiger charge is 2.45. The molecule has 4 rings (SSSR count). The van der Waals surface area contributed by atoms with Gasteiger partial charge in [0, 0.05) is 6.42 Å². The molecule has 1 saturated heterocycles. The van der Waals surface area contributed by atoms with Gasteiger partial charge in [-0.15, -0.1) is 0 Å². The van der Waals surface area contributed by atoms with Gasteiger partial charge >= 0.3 is 5.97 Å². The maximum atomic E-state index is 13.1. The van der Waals surface area contributed by atoms with Gasteiger partial charge in [0.05, 0.1) is 17.7 Å². The number of benzene rings is 1. The van der Waals surface area contributed by atoms with E-state index in [0.717, 1.165) is 5.56 Å². The van der Waals surface area contributed by atoms with Crippen LogP contribution in [-0.4, -0.2) is 39.2 Å². The van der Waals surface area contributed by atoms with E-state index in [4.69, 9.17) is 9.47 Å². The summed E-state index contributed by atoms with van der Waals surface area (Å²) in [6.07, 6.45) is 2.49. The zero-order chi connectivity index (χ0) is 25.0. The van der Waals surface area contributed by atoms with E-state index in [1.165, 1.54) is 23.0 Å². The predicted molar refractivity (Wildman–Crippen MR) is 124 cm³/mol. The van der Waals surface area contributed by atoms with Crippen LogP contribution in [-0.2, 0) is 31.1 Å². The number of hydrogen-bond acceptors (Lipinski definition) is 7. The van der Waals surface area contributed by atoms with Crippen LogP contribution < -0.4 is 5.32 Å². The first-order valence-corrected chi connectivity index (χ1v) is 11.4. The van der Waals surface area contributed by atoms with Crippen LogP contribution in [0.5, 0.6) is 0 Å². The number of aromatic nitrogens is 3. The van der Waals surface area contributed by atoms with Crippen LogP contribution in [0.2, 0.25) is 0 Å². The first-order chi connectivity index (χ1) is 16.8. The summed E-state index contributed by atoms with van der Waals surface area (Å²) in [4.78, 5) is 28.5. The Bertz CT molecular complexity index is 1270. The van der Waals surface area contributed by atoms with E-state index in [0.29, 0.717) is 36.3 Å². The summed E-state index contributed by atoms with van der Waals surface area (Å²) >= 11 is 0. The van der Waals surface area contributed by atoms with Crippen molar-refractivity contribution < 1.29 is 23.5 Å². The molecule has 2 unspecified atom stereocenters. The number of hydrogen-bond donors (Lipinski definition) is 1. The Morgan fingerprint density at radius 1 is 1.31 bits per heavy atom. The smallest absolute Gasteiger partial charge is 0.308 e. The van der Waals surface area contributed by atoms with E-state index in [9.17, 15) is 19.2 Å². The fourth-order valence-corrected chi connectivity index (χ4v) is 3.99. The van der Waals surface area contributed by atoms with Crippen LogP contribution in [0.4, 0.5) is 10.2 Å². The van der Waals surface area contributed by atoms with Gasteiger partial charge in [-0.3, -0.25) is 9.59 Å². The Morgan fingerprint density at radius 2 is 2.09 bits per heavy atom. The van der Waals surface area contributed by atoms with Crippen LogP contribution in [0.1, 0.15) is 44.4 Å². The molecule has 3 heterocycles. The van der Waals surface area contributed by atoms with Gasteiger partial charge in [-0.25, -0.2) is 13.9 Å². The lowest BCUT2D eigenvalue weighted by molar-refractivity contribution is -0.152. The van der Waals surface area contributed by atoms with Gasteiger partial charge in [-0.05, 0) is 49.1 Å². The second-order valence-electron chi connectivity index (χ2n) is 8.80. The number of nitrogens with zero attached hydrogens (tertiary/aromatic N) is 4. The number of carbonyl (C=O) groups is 2. The molecule has 3 aromatic rings. The van der Waals surface area contributed by atoms with Gasteiger partial charge in [-0.1, -0.05) is 26.0 Å². The molecule has 0 spiro atoms. The lowest BCUT2D eigenvalue weighted by Gasteiger charge is -2.22. The normalized spacial score (nSPS) is 19.6. The number of ether oxygens (including phenoxy) is 2. The van der Waals surface area contributed by atoms with Crippen molar-refractivity contribution in [2.45, 2.75) is 51.2 Å². The second-order valence-corrected chi connectivity index (χ2v) is 8.80. The average Bonchev–Trinajstić information content (AvgIpc) is 3.48. The van der Waals surface area contributed by atoms with Gasteiger partial charge in [0.25, 0.3) is 0 Å². The highest BCUT2D eigenvalue weighted by Crippen LogP contribution is 2.40. The molecule has 1 aliphatic heterocycles. The van der Waals surface area contributed by atoms with Gasteiger partial charge in [0.2, 0.25) is 5.91 Å². The number of esters is 1. The van der Waals surface area contributed by atoms with Crippen LogP contribution in [0, 0.1) is 23.1 Å². The minimum Gasteiger partial charge on any atom is -0.463 e. The number of fused-ring (bicyclic) bond motifs is 1. The molecule has 1 amide bonds. The van der Waals surface area contributed by atoms with Gasteiger partial charge < -0.3 is 14.8 Å². The van der Waals surface area contributed by atoms with Crippen LogP contribution >= 0.6 is 0 Å². The van der Waals surface area contributed by atoms with E-state index in [1.807, 2.05) is 0 Å². The van der Waals surface area contributed by atoms with Gasteiger partial charge in [0.15, 0.2) is 11.4 Å². The van der Waals surface area contributed by atoms with Crippen molar-refractivity contribution in [1.82, 2.24) is 14.6 Å².